The molecule has 5 heteroatoms. The highest BCUT2D eigenvalue weighted by molar-refractivity contribution is 5.79. The molecule has 0 bridgehead atoms. The van der Waals surface area contributed by atoms with Crippen LogP contribution < -0.4 is 9.88 Å². The molecule has 0 atom stereocenters. The van der Waals surface area contributed by atoms with Gasteiger partial charge in [0.25, 0.3) is 5.82 Å². The average molecular weight is 427 g/mol. The Kier molecular flexibility index (Phi) is 5.39. The van der Waals surface area contributed by atoms with Crippen molar-refractivity contribution in [3.63, 3.8) is 0 Å². The lowest BCUT2D eigenvalue weighted by Gasteiger charge is -2.14. The Hall–Kier alpha value is -3.60. The summed E-state index contributed by atoms with van der Waals surface area (Å²) in [5.74, 6) is 1.14. The minimum absolute atomic E-state index is 0.0656. The number of nitrogens with zero attached hydrogens (tertiary/aromatic N) is 2. The Morgan fingerprint density at radius 1 is 0.938 bits per heavy atom. The fourth-order valence-corrected chi connectivity index (χ4v) is 5.04. The van der Waals surface area contributed by atoms with Crippen molar-refractivity contribution in [2.75, 3.05) is 6.61 Å². The summed E-state index contributed by atoms with van der Waals surface area (Å²) in [5.41, 5.74) is 7.26. The van der Waals surface area contributed by atoms with Crippen LogP contribution in [0.3, 0.4) is 0 Å². The molecule has 162 valence electrons. The Morgan fingerprint density at radius 2 is 1.56 bits per heavy atom. The number of aromatic nitrogens is 2. The molecule has 32 heavy (non-hydrogen) atoms. The lowest BCUT2D eigenvalue weighted by molar-refractivity contribution is -0.676. The standard InChI is InChI=1S/C27H27N3O2/c1-3-29-24-15-9-10-16-25(24)30(4-2)26(29)17-28-27(31)32-18-23-21-13-7-5-11-19(21)20-12-6-8-14-22(20)23/h5-16,23H,3-4,17-18H2,1-2H3/p+1. The quantitative estimate of drug-likeness (QED) is 0.441. The number of alkyl carbamates (subject to hydrolysis) is 1. The summed E-state index contributed by atoms with van der Waals surface area (Å²) >= 11 is 0. The Morgan fingerprint density at radius 3 is 2.22 bits per heavy atom. The maximum atomic E-state index is 12.7. The van der Waals surface area contributed by atoms with Gasteiger partial charge in [-0.05, 0) is 48.2 Å². The van der Waals surface area contributed by atoms with E-state index in [0.29, 0.717) is 13.2 Å². The molecule has 0 aliphatic heterocycles. The van der Waals surface area contributed by atoms with Gasteiger partial charge in [-0.25, -0.2) is 13.9 Å². The molecule has 5 nitrogen and oxygen atoms in total. The SMILES string of the molecule is CCn1c(CNC(=O)OCC2c3ccccc3-c3ccccc32)[n+](CC)c2ccccc21. The first-order chi connectivity index (χ1) is 15.7. The van der Waals surface area contributed by atoms with Gasteiger partial charge >= 0.3 is 6.09 Å². The van der Waals surface area contributed by atoms with Gasteiger partial charge in [0.15, 0.2) is 11.0 Å². The second-order valence-electron chi connectivity index (χ2n) is 8.07. The Bertz CT molecular complexity index is 1200. The third-order valence-electron chi connectivity index (χ3n) is 6.45. The first kappa shape index (κ1) is 20.3. The summed E-state index contributed by atoms with van der Waals surface area (Å²) in [6.07, 6.45) is -0.387. The van der Waals surface area contributed by atoms with E-state index in [1.165, 1.54) is 33.3 Å². The fourth-order valence-electron chi connectivity index (χ4n) is 5.04. The number of aryl methyl sites for hydroxylation is 2. The van der Waals surface area contributed by atoms with Crippen molar-refractivity contribution >= 4 is 17.1 Å². The first-order valence-corrected chi connectivity index (χ1v) is 11.3. The molecule has 0 saturated carbocycles. The third kappa shape index (κ3) is 3.34. The van der Waals surface area contributed by atoms with Crippen molar-refractivity contribution < 1.29 is 14.1 Å². The summed E-state index contributed by atoms with van der Waals surface area (Å²) in [5, 5.41) is 2.98. The molecule has 0 fully saturated rings. The molecule has 1 aliphatic carbocycles. The molecule has 1 heterocycles. The van der Waals surface area contributed by atoms with Crippen LogP contribution in [0, 0.1) is 0 Å². The summed E-state index contributed by atoms with van der Waals surface area (Å²) in [6.45, 7) is 6.69. The largest absolute Gasteiger partial charge is 0.449 e. The number of benzene rings is 3. The van der Waals surface area contributed by atoms with Crippen LogP contribution in [-0.4, -0.2) is 17.3 Å². The summed E-state index contributed by atoms with van der Waals surface area (Å²) < 4.78 is 10.2. The predicted octanol–water partition coefficient (Wildman–Crippen LogP) is 5.01. The molecule has 1 N–H and O–H groups in total. The van der Waals surface area contributed by atoms with Gasteiger partial charge in [-0.1, -0.05) is 60.7 Å². The zero-order valence-corrected chi connectivity index (χ0v) is 18.5. The number of hydrogen-bond donors (Lipinski definition) is 1. The minimum atomic E-state index is -0.387. The van der Waals surface area contributed by atoms with Gasteiger partial charge in [0, 0.05) is 5.92 Å². The van der Waals surface area contributed by atoms with Gasteiger partial charge in [-0.15, -0.1) is 0 Å². The number of hydrogen-bond acceptors (Lipinski definition) is 2. The van der Waals surface area contributed by atoms with Crippen LogP contribution in [0.1, 0.15) is 36.7 Å². The number of fused-ring (bicyclic) bond motifs is 4. The predicted molar refractivity (Wildman–Crippen MR) is 125 cm³/mol. The second kappa shape index (κ2) is 8.50. The third-order valence-corrected chi connectivity index (χ3v) is 6.45. The number of ether oxygens (including phenoxy) is 1. The van der Waals surface area contributed by atoms with Gasteiger partial charge < -0.3 is 10.1 Å². The van der Waals surface area contributed by atoms with E-state index in [-0.39, 0.29) is 12.0 Å². The van der Waals surface area contributed by atoms with Gasteiger partial charge in [-0.2, -0.15) is 0 Å². The van der Waals surface area contributed by atoms with Crippen LogP contribution in [0.25, 0.3) is 22.2 Å². The highest BCUT2D eigenvalue weighted by Crippen LogP contribution is 2.44. The van der Waals surface area contributed by atoms with Crippen molar-refractivity contribution in [2.45, 2.75) is 39.4 Å². The second-order valence-corrected chi connectivity index (χ2v) is 8.07. The van der Waals surface area contributed by atoms with Gasteiger partial charge in [0.1, 0.15) is 13.2 Å². The highest BCUT2D eigenvalue weighted by Gasteiger charge is 2.29. The van der Waals surface area contributed by atoms with E-state index in [0.717, 1.165) is 18.9 Å². The van der Waals surface area contributed by atoms with Gasteiger partial charge in [0.05, 0.1) is 13.1 Å². The molecule has 1 aliphatic rings. The van der Waals surface area contributed by atoms with Crippen molar-refractivity contribution in [2.24, 2.45) is 0 Å². The van der Waals surface area contributed by atoms with Crippen molar-refractivity contribution in [3.8, 4) is 11.1 Å². The van der Waals surface area contributed by atoms with Crippen molar-refractivity contribution in [1.82, 2.24) is 9.88 Å². The van der Waals surface area contributed by atoms with Crippen LogP contribution in [-0.2, 0) is 24.4 Å². The van der Waals surface area contributed by atoms with Crippen molar-refractivity contribution in [3.05, 3.63) is 89.7 Å². The topological polar surface area (TPSA) is 47.1 Å². The number of amides is 1. The maximum Gasteiger partial charge on any atom is 0.407 e. The van der Waals surface area contributed by atoms with E-state index >= 15 is 0 Å². The first-order valence-electron chi connectivity index (χ1n) is 11.3. The van der Waals surface area contributed by atoms with Crippen LogP contribution in [0.15, 0.2) is 72.8 Å². The average Bonchev–Trinajstić information content (AvgIpc) is 3.33. The number of para-hydroxylation sites is 2. The van der Waals surface area contributed by atoms with Gasteiger partial charge in [0.2, 0.25) is 0 Å². The molecule has 0 spiro atoms. The molecule has 0 radical (unpaired) electrons. The number of rotatable bonds is 6. The van der Waals surface area contributed by atoms with E-state index in [1.54, 1.807) is 0 Å². The molecule has 0 unspecified atom stereocenters. The summed E-state index contributed by atoms with van der Waals surface area (Å²) in [6, 6.07) is 25.1. The van der Waals surface area contributed by atoms with Crippen LogP contribution >= 0.6 is 0 Å². The Balaban J connectivity index is 1.31. The van der Waals surface area contributed by atoms with Crippen molar-refractivity contribution in [1.29, 1.82) is 0 Å². The maximum absolute atomic E-state index is 12.7. The number of carbonyl (C=O) groups is 1. The fraction of sp³-hybridized carbons (Fsp3) is 0.259. The zero-order chi connectivity index (χ0) is 22.1. The van der Waals surface area contributed by atoms with Crippen LogP contribution in [0.5, 0.6) is 0 Å². The smallest absolute Gasteiger partial charge is 0.407 e. The lowest BCUT2D eigenvalue weighted by Crippen LogP contribution is -2.40. The molecule has 0 saturated heterocycles. The monoisotopic (exact) mass is 426 g/mol. The van der Waals surface area contributed by atoms with E-state index in [4.69, 9.17) is 4.74 Å². The summed E-state index contributed by atoms with van der Waals surface area (Å²) in [7, 11) is 0. The highest BCUT2D eigenvalue weighted by atomic mass is 16.5. The molecule has 4 aromatic rings. The lowest BCUT2D eigenvalue weighted by atomic mass is 9.98. The van der Waals surface area contributed by atoms with Gasteiger partial charge in [-0.3, -0.25) is 0 Å². The molecule has 5 rings (SSSR count). The van der Waals surface area contributed by atoms with E-state index in [2.05, 4.69) is 89.0 Å². The zero-order valence-electron chi connectivity index (χ0n) is 18.5. The van der Waals surface area contributed by atoms with E-state index in [9.17, 15) is 4.79 Å². The Labute approximate surface area is 188 Å². The number of nitrogens with one attached hydrogen (secondary N) is 1. The molecule has 3 aromatic carbocycles. The normalized spacial score (nSPS) is 12.6. The van der Waals surface area contributed by atoms with Crippen LogP contribution in [0.4, 0.5) is 4.79 Å². The van der Waals surface area contributed by atoms with E-state index in [1.807, 2.05) is 12.1 Å². The molecular weight excluding hydrogens is 398 g/mol. The van der Waals surface area contributed by atoms with Crippen LogP contribution in [0.2, 0.25) is 0 Å². The number of carbonyl (C=O) groups excluding carboxylic acids is 1. The molecule has 1 amide bonds. The minimum Gasteiger partial charge on any atom is -0.449 e. The number of imidazole rings is 1. The summed E-state index contributed by atoms with van der Waals surface area (Å²) in [4.78, 5) is 12.7. The molecule has 1 aromatic heterocycles. The molecular formula is C27H28N3O2+. The van der Waals surface area contributed by atoms with E-state index < -0.39 is 0 Å².